The van der Waals surface area contributed by atoms with E-state index in [0.717, 1.165) is 0 Å². The fourth-order valence-corrected chi connectivity index (χ4v) is 3.47. The van der Waals surface area contributed by atoms with Gasteiger partial charge in [-0.15, -0.1) is 0 Å². The molecule has 0 aliphatic carbocycles. The molecule has 0 atom stereocenters. The Morgan fingerprint density at radius 1 is 1.19 bits per heavy atom. The number of rotatable bonds is 3. The zero-order chi connectivity index (χ0) is 12.5. The maximum Gasteiger partial charge on any atom is 0.267 e. The van der Waals surface area contributed by atoms with Gasteiger partial charge in [0.15, 0.2) is 0 Å². The van der Waals surface area contributed by atoms with Crippen molar-refractivity contribution in [3.8, 4) is 0 Å². The van der Waals surface area contributed by atoms with E-state index >= 15 is 0 Å². The van der Waals surface area contributed by atoms with Gasteiger partial charge in [0.05, 0.1) is 17.2 Å². The highest BCUT2D eigenvalue weighted by Gasteiger charge is 2.27. The lowest BCUT2D eigenvalue weighted by Gasteiger charge is -2.16. The monoisotopic (exact) mass is 303 g/mol. The minimum atomic E-state index is -3.88. The molecular weight excluding hydrogens is 297 g/mol. The van der Waals surface area contributed by atoms with E-state index in [9.17, 15) is 8.42 Å². The Hall–Kier alpha value is -0.0400. The smallest absolute Gasteiger partial charge is 0.267 e. The summed E-state index contributed by atoms with van der Waals surface area (Å²) >= 11 is 17.3. The van der Waals surface area contributed by atoms with Gasteiger partial charge in [0.25, 0.3) is 10.0 Å². The number of hydroxylamine groups is 1. The normalized spacial score (nSPS) is 12.1. The molecule has 1 rings (SSSR count). The average molecular weight is 305 g/mol. The van der Waals surface area contributed by atoms with Crippen LogP contribution in [0, 0.1) is 0 Å². The Labute approximate surface area is 109 Å². The summed E-state index contributed by atoms with van der Waals surface area (Å²) in [5.74, 6) is 0. The molecule has 0 saturated carbocycles. The lowest BCUT2D eigenvalue weighted by molar-refractivity contribution is -0.0258. The fourth-order valence-electron chi connectivity index (χ4n) is 1.00. The Balaban J connectivity index is 3.45. The van der Waals surface area contributed by atoms with Crippen LogP contribution in [0.2, 0.25) is 15.1 Å². The second-order valence-electron chi connectivity index (χ2n) is 2.80. The van der Waals surface area contributed by atoms with Crippen molar-refractivity contribution < 1.29 is 13.3 Å². The summed E-state index contributed by atoms with van der Waals surface area (Å²) < 4.78 is 24.5. The van der Waals surface area contributed by atoms with Crippen LogP contribution >= 0.6 is 34.8 Å². The second kappa shape index (κ2) is 5.08. The predicted octanol–water partition coefficient (Wildman–Crippen LogP) is 2.83. The third kappa shape index (κ3) is 2.61. The molecule has 0 radical (unpaired) electrons. The van der Waals surface area contributed by atoms with Crippen LogP contribution in [0.5, 0.6) is 0 Å². The molecule has 1 aromatic carbocycles. The number of nitrogens with zero attached hydrogens (tertiary/aromatic N) is 1. The van der Waals surface area contributed by atoms with E-state index in [2.05, 4.69) is 4.84 Å². The molecule has 0 unspecified atom stereocenters. The van der Waals surface area contributed by atoms with Crippen LogP contribution in [0.3, 0.4) is 0 Å². The van der Waals surface area contributed by atoms with Crippen molar-refractivity contribution in [1.29, 1.82) is 0 Å². The van der Waals surface area contributed by atoms with Gasteiger partial charge in [-0.25, -0.2) is 8.42 Å². The molecule has 8 heteroatoms. The third-order valence-corrected chi connectivity index (χ3v) is 4.64. The molecule has 0 spiro atoms. The Bertz CT molecular complexity index is 480. The van der Waals surface area contributed by atoms with E-state index < -0.39 is 10.0 Å². The van der Waals surface area contributed by atoms with Crippen LogP contribution in [-0.2, 0) is 14.9 Å². The van der Waals surface area contributed by atoms with Crippen molar-refractivity contribution in [3.63, 3.8) is 0 Å². The molecule has 0 aliphatic rings. The summed E-state index contributed by atoms with van der Waals surface area (Å²) in [6.45, 7) is 0. The van der Waals surface area contributed by atoms with Crippen LogP contribution in [0.15, 0.2) is 17.0 Å². The van der Waals surface area contributed by atoms with Crippen LogP contribution < -0.4 is 0 Å². The molecule has 0 fully saturated rings. The highest BCUT2D eigenvalue weighted by molar-refractivity contribution is 7.89. The van der Waals surface area contributed by atoms with E-state index in [4.69, 9.17) is 34.8 Å². The molecule has 0 saturated heterocycles. The van der Waals surface area contributed by atoms with Crippen molar-refractivity contribution in [2.24, 2.45) is 0 Å². The Kier molecular flexibility index (Phi) is 4.45. The van der Waals surface area contributed by atoms with E-state index in [1.54, 1.807) is 0 Å². The summed E-state index contributed by atoms with van der Waals surface area (Å²) in [4.78, 5) is 4.37. The summed E-state index contributed by atoms with van der Waals surface area (Å²) in [6, 6.07) is 2.59. The quantitative estimate of drug-likeness (QED) is 0.807. The van der Waals surface area contributed by atoms with Crippen molar-refractivity contribution in [2.45, 2.75) is 4.90 Å². The fraction of sp³-hybridized carbons (Fsp3) is 0.250. The zero-order valence-electron chi connectivity index (χ0n) is 8.37. The predicted molar refractivity (Wildman–Crippen MR) is 63.4 cm³/mol. The van der Waals surface area contributed by atoms with E-state index in [1.165, 1.54) is 26.3 Å². The third-order valence-electron chi connectivity index (χ3n) is 1.82. The molecule has 16 heavy (non-hydrogen) atoms. The first-order chi connectivity index (χ1) is 7.30. The topological polar surface area (TPSA) is 46.6 Å². The SMILES string of the molecule is CON(C)S(=O)(=O)c1c(Cl)cc(Cl)cc1Cl. The first kappa shape index (κ1) is 14.0. The number of sulfonamides is 1. The van der Waals surface area contributed by atoms with Gasteiger partial charge in [-0.05, 0) is 12.1 Å². The van der Waals surface area contributed by atoms with Gasteiger partial charge in [0, 0.05) is 12.1 Å². The Morgan fingerprint density at radius 2 is 1.62 bits per heavy atom. The summed E-state index contributed by atoms with van der Waals surface area (Å²) in [5.41, 5.74) is 0. The van der Waals surface area contributed by atoms with Gasteiger partial charge < -0.3 is 0 Å². The first-order valence-corrected chi connectivity index (χ1v) is 6.55. The maximum atomic E-state index is 11.9. The molecule has 0 aromatic heterocycles. The highest BCUT2D eigenvalue weighted by Crippen LogP contribution is 2.34. The summed E-state index contributed by atoms with van der Waals surface area (Å²) in [6.07, 6.45) is 0. The summed E-state index contributed by atoms with van der Waals surface area (Å²) in [5, 5.41) is 0.150. The first-order valence-electron chi connectivity index (χ1n) is 3.98. The molecule has 1 aromatic rings. The number of hydrogen-bond acceptors (Lipinski definition) is 3. The van der Waals surface area contributed by atoms with Crippen molar-refractivity contribution in [1.82, 2.24) is 4.47 Å². The zero-order valence-corrected chi connectivity index (χ0v) is 11.5. The summed E-state index contributed by atoms with van der Waals surface area (Å²) in [7, 11) is -1.43. The molecule has 90 valence electrons. The standard InChI is InChI=1S/C8H8Cl3NO3S/c1-12(15-2)16(13,14)8-6(10)3-5(9)4-7(8)11/h3-4H,1-2H3. The number of benzene rings is 1. The van der Waals surface area contributed by atoms with Crippen LogP contribution in [-0.4, -0.2) is 27.0 Å². The molecule has 0 heterocycles. The van der Waals surface area contributed by atoms with Crippen molar-refractivity contribution in [3.05, 3.63) is 27.2 Å². The van der Waals surface area contributed by atoms with Gasteiger partial charge in [-0.2, -0.15) is 0 Å². The number of halogens is 3. The van der Waals surface area contributed by atoms with Crippen LogP contribution in [0.1, 0.15) is 0 Å². The van der Waals surface area contributed by atoms with E-state index in [-0.39, 0.29) is 20.0 Å². The lowest BCUT2D eigenvalue weighted by atomic mass is 10.4. The van der Waals surface area contributed by atoms with Gasteiger partial charge in [0.1, 0.15) is 4.90 Å². The van der Waals surface area contributed by atoms with Crippen LogP contribution in [0.4, 0.5) is 0 Å². The molecule has 4 nitrogen and oxygen atoms in total. The molecular formula is C8H8Cl3NO3S. The minimum absolute atomic E-state index is 0.0543. The average Bonchev–Trinajstić information content (AvgIpc) is 2.14. The number of hydrogen-bond donors (Lipinski definition) is 0. The Morgan fingerprint density at radius 3 is 2.00 bits per heavy atom. The van der Waals surface area contributed by atoms with Gasteiger partial charge in [0.2, 0.25) is 0 Å². The second-order valence-corrected chi connectivity index (χ2v) is 5.92. The molecule has 0 amide bonds. The van der Waals surface area contributed by atoms with Crippen LogP contribution in [0.25, 0.3) is 0 Å². The van der Waals surface area contributed by atoms with Gasteiger partial charge >= 0.3 is 0 Å². The van der Waals surface area contributed by atoms with Gasteiger partial charge in [-0.3, -0.25) is 4.84 Å². The van der Waals surface area contributed by atoms with Crippen molar-refractivity contribution in [2.75, 3.05) is 14.2 Å². The van der Waals surface area contributed by atoms with Gasteiger partial charge in [-0.1, -0.05) is 39.3 Å². The molecule has 0 aliphatic heterocycles. The highest BCUT2D eigenvalue weighted by atomic mass is 35.5. The lowest BCUT2D eigenvalue weighted by Crippen LogP contribution is -2.26. The van der Waals surface area contributed by atoms with E-state index in [0.29, 0.717) is 4.47 Å². The largest absolute Gasteiger partial charge is 0.288 e. The van der Waals surface area contributed by atoms with E-state index in [1.807, 2.05) is 0 Å². The molecule has 0 bridgehead atoms. The minimum Gasteiger partial charge on any atom is -0.288 e. The molecule has 0 N–H and O–H groups in total. The maximum absolute atomic E-state index is 11.9. The van der Waals surface area contributed by atoms with Crippen molar-refractivity contribution >= 4 is 44.8 Å².